The molecule has 3 aliphatic rings. The minimum Gasteiger partial charge on any atom is -0.334 e. The number of urea groups is 1. The molecule has 0 spiro atoms. The Morgan fingerprint density at radius 1 is 0.864 bits per heavy atom. The van der Waals surface area contributed by atoms with Gasteiger partial charge in [0.05, 0.1) is 0 Å². The molecule has 1 aliphatic carbocycles. The molecule has 0 aromatic carbocycles. The molecule has 2 atom stereocenters. The molecule has 2 heterocycles. The second-order valence-electron chi connectivity index (χ2n) is 7.57. The van der Waals surface area contributed by atoms with Crippen LogP contribution in [-0.4, -0.2) is 43.2 Å². The van der Waals surface area contributed by atoms with Crippen molar-refractivity contribution in [3.8, 4) is 0 Å². The number of carbonyl (C=O) groups is 1. The van der Waals surface area contributed by atoms with Gasteiger partial charge in [-0.3, -0.25) is 0 Å². The van der Waals surface area contributed by atoms with Crippen LogP contribution in [0, 0.1) is 11.8 Å². The normalized spacial score (nSPS) is 31.5. The zero-order valence-corrected chi connectivity index (χ0v) is 14.0. The van der Waals surface area contributed by atoms with Crippen molar-refractivity contribution in [1.29, 1.82) is 0 Å². The summed E-state index contributed by atoms with van der Waals surface area (Å²) in [4.78, 5) is 14.5. The number of nitrogens with zero attached hydrogens (tertiary/aromatic N) is 1. The largest absolute Gasteiger partial charge is 0.334 e. The fourth-order valence-electron chi connectivity index (χ4n) is 4.62. The molecule has 3 rings (SSSR count). The second-order valence-corrected chi connectivity index (χ2v) is 7.57. The van der Waals surface area contributed by atoms with Crippen LogP contribution in [0.4, 0.5) is 4.79 Å². The fraction of sp³-hybridized carbons (Fsp3) is 0.944. The number of nitrogens with one attached hydrogen (secondary N) is 2. The summed E-state index contributed by atoms with van der Waals surface area (Å²) in [5.41, 5.74) is 0. The van der Waals surface area contributed by atoms with Crippen molar-refractivity contribution in [2.45, 2.75) is 70.3 Å². The van der Waals surface area contributed by atoms with Gasteiger partial charge in [0.2, 0.25) is 0 Å². The first-order valence-corrected chi connectivity index (χ1v) is 9.59. The summed E-state index contributed by atoms with van der Waals surface area (Å²) in [7, 11) is 0. The first-order chi connectivity index (χ1) is 10.8. The lowest BCUT2D eigenvalue weighted by Gasteiger charge is -2.26. The van der Waals surface area contributed by atoms with E-state index in [2.05, 4.69) is 15.5 Å². The molecule has 2 aliphatic heterocycles. The fourth-order valence-corrected chi connectivity index (χ4v) is 4.62. The number of rotatable bonds is 2. The maximum atomic E-state index is 12.4. The highest BCUT2D eigenvalue weighted by molar-refractivity contribution is 5.74. The summed E-state index contributed by atoms with van der Waals surface area (Å²) in [6.45, 7) is 3.89. The Morgan fingerprint density at radius 3 is 2.32 bits per heavy atom. The first-order valence-electron chi connectivity index (χ1n) is 9.59. The maximum absolute atomic E-state index is 12.4. The van der Waals surface area contributed by atoms with E-state index in [4.69, 9.17) is 0 Å². The van der Waals surface area contributed by atoms with E-state index in [1.165, 1.54) is 57.8 Å². The molecule has 0 unspecified atom stereocenters. The van der Waals surface area contributed by atoms with E-state index in [0.717, 1.165) is 44.4 Å². The van der Waals surface area contributed by atoms with Gasteiger partial charge in [-0.2, -0.15) is 0 Å². The molecule has 2 saturated heterocycles. The van der Waals surface area contributed by atoms with E-state index in [9.17, 15) is 4.79 Å². The first kappa shape index (κ1) is 16.1. The lowest BCUT2D eigenvalue weighted by atomic mass is 9.82. The zero-order chi connectivity index (χ0) is 15.2. The molecule has 2 N–H and O–H groups in total. The third kappa shape index (κ3) is 4.37. The summed E-state index contributed by atoms with van der Waals surface area (Å²) >= 11 is 0. The zero-order valence-electron chi connectivity index (χ0n) is 14.0. The smallest absolute Gasteiger partial charge is 0.317 e. The molecule has 126 valence electrons. The molecular weight excluding hydrogens is 274 g/mol. The van der Waals surface area contributed by atoms with Crippen molar-refractivity contribution in [2.75, 3.05) is 26.2 Å². The molecule has 0 aromatic heterocycles. The van der Waals surface area contributed by atoms with Crippen molar-refractivity contribution in [1.82, 2.24) is 15.5 Å². The predicted molar refractivity (Wildman–Crippen MR) is 89.9 cm³/mol. The Bertz CT molecular complexity index is 346. The summed E-state index contributed by atoms with van der Waals surface area (Å²) in [5.74, 6) is 1.80. The minimum absolute atomic E-state index is 0.176. The lowest BCUT2D eigenvalue weighted by Crippen LogP contribution is -2.46. The SMILES string of the molecule is O=C(N[C@@H]1CCNC1)N1CCC[C@H](C2CCCCCC2)CC1. The number of likely N-dealkylation sites (tertiary alicyclic amines) is 1. The van der Waals surface area contributed by atoms with Crippen LogP contribution in [0.5, 0.6) is 0 Å². The van der Waals surface area contributed by atoms with Crippen LogP contribution in [-0.2, 0) is 0 Å². The average Bonchev–Trinajstić information content (AvgIpc) is 2.79. The maximum Gasteiger partial charge on any atom is 0.317 e. The van der Waals surface area contributed by atoms with Crippen molar-refractivity contribution in [3.05, 3.63) is 0 Å². The molecule has 0 radical (unpaired) electrons. The third-order valence-corrected chi connectivity index (χ3v) is 6.01. The number of hydrogen-bond donors (Lipinski definition) is 2. The Balaban J connectivity index is 1.47. The highest BCUT2D eigenvalue weighted by Gasteiger charge is 2.27. The summed E-state index contributed by atoms with van der Waals surface area (Å²) in [6.07, 6.45) is 13.4. The van der Waals surface area contributed by atoms with Gasteiger partial charge in [0.15, 0.2) is 0 Å². The van der Waals surface area contributed by atoms with Gasteiger partial charge in [0.25, 0.3) is 0 Å². The number of carbonyl (C=O) groups excluding carboxylic acids is 1. The molecule has 22 heavy (non-hydrogen) atoms. The Morgan fingerprint density at radius 2 is 1.59 bits per heavy atom. The molecule has 0 bridgehead atoms. The monoisotopic (exact) mass is 307 g/mol. The Hall–Kier alpha value is -0.770. The van der Waals surface area contributed by atoms with Crippen LogP contribution < -0.4 is 10.6 Å². The van der Waals surface area contributed by atoms with Crippen molar-refractivity contribution in [3.63, 3.8) is 0 Å². The highest BCUT2D eigenvalue weighted by Crippen LogP contribution is 2.34. The predicted octanol–water partition coefficient (Wildman–Crippen LogP) is 3.13. The van der Waals surface area contributed by atoms with Crippen molar-refractivity contribution in [2.24, 2.45) is 11.8 Å². The van der Waals surface area contributed by atoms with E-state index in [1.807, 2.05) is 0 Å². The number of amides is 2. The van der Waals surface area contributed by atoms with E-state index in [-0.39, 0.29) is 6.03 Å². The third-order valence-electron chi connectivity index (χ3n) is 6.01. The van der Waals surface area contributed by atoms with Gasteiger partial charge in [-0.25, -0.2) is 4.79 Å². The van der Waals surface area contributed by atoms with Crippen LogP contribution in [0.25, 0.3) is 0 Å². The molecular formula is C18H33N3O. The van der Waals surface area contributed by atoms with E-state index >= 15 is 0 Å². The summed E-state index contributed by atoms with van der Waals surface area (Å²) < 4.78 is 0. The van der Waals surface area contributed by atoms with E-state index in [0.29, 0.717) is 6.04 Å². The van der Waals surface area contributed by atoms with Crippen LogP contribution in [0.3, 0.4) is 0 Å². The average molecular weight is 307 g/mol. The van der Waals surface area contributed by atoms with Crippen LogP contribution >= 0.6 is 0 Å². The second kappa shape index (κ2) is 8.19. The summed E-state index contributed by atoms with van der Waals surface area (Å²) in [5, 5.41) is 6.52. The van der Waals surface area contributed by atoms with E-state index in [1.54, 1.807) is 0 Å². The van der Waals surface area contributed by atoms with Crippen LogP contribution in [0.1, 0.15) is 64.2 Å². The van der Waals surface area contributed by atoms with Gasteiger partial charge in [-0.05, 0) is 44.1 Å². The van der Waals surface area contributed by atoms with Crippen LogP contribution in [0.2, 0.25) is 0 Å². The number of hydrogen-bond acceptors (Lipinski definition) is 2. The molecule has 1 saturated carbocycles. The van der Waals surface area contributed by atoms with Gasteiger partial charge in [0, 0.05) is 25.7 Å². The van der Waals surface area contributed by atoms with Gasteiger partial charge in [-0.15, -0.1) is 0 Å². The van der Waals surface area contributed by atoms with Gasteiger partial charge < -0.3 is 15.5 Å². The van der Waals surface area contributed by atoms with E-state index < -0.39 is 0 Å². The van der Waals surface area contributed by atoms with Gasteiger partial charge in [-0.1, -0.05) is 38.5 Å². The van der Waals surface area contributed by atoms with Gasteiger partial charge >= 0.3 is 6.03 Å². The van der Waals surface area contributed by atoms with Crippen molar-refractivity contribution < 1.29 is 4.79 Å². The standard InChI is InChI=1S/C18H33N3O/c22-18(20-17-9-11-19-14-17)21-12-5-8-16(10-13-21)15-6-3-1-2-4-7-15/h15-17,19H,1-14H2,(H,20,22)/t16-,17+/m0/s1. The van der Waals surface area contributed by atoms with Crippen molar-refractivity contribution >= 4 is 6.03 Å². The molecule has 4 nitrogen and oxygen atoms in total. The quantitative estimate of drug-likeness (QED) is 0.770. The Labute approximate surface area is 135 Å². The molecule has 0 aromatic rings. The summed E-state index contributed by atoms with van der Waals surface area (Å²) in [6, 6.07) is 0.517. The van der Waals surface area contributed by atoms with Gasteiger partial charge in [0.1, 0.15) is 0 Å². The molecule has 3 fully saturated rings. The van der Waals surface area contributed by atoms with Crippen LogP contribution in [0.15, 0.2) is 0 Å². The Kier molecular flexibility index (Phi) is 5.99. The molecule has 4 heteroatoms. The molecule has 2 amide bonds. The minimum atomic E-state index is 0.176. The lowest BCUT2D eigenvalue weighted by molar-refractivity contribution is 0.193. The highest BCUT2D eigenvalue weighted by atomic mass is 16.2. The topological polar surface area (TPSA) is 44.4 Å².